The molecule has 1 aliphatic heterocycles. The number of halogens is 4. The van der Waals surface area contributed by atoms with Crippen LogP contribution in [0.4, 0.5) is 17.6 Å². The minimum absolute atomic E-state index is 0.0321. The minimum atomic E-state index is -4.59. The summed E-state index contributed by atoms with van der Waals surface area (Å²) in [5.74, 6) is -1.39. The first kappa shape index (κ1) is 21.6. The van der Waals surface area contributed by atoms with Gasteiger partial charge < -0.3 is 15.4 Å². The standard InChI is InChI=1S/C19H20F4N4O3/c20-13-1-3-14(4-2-13)30-15-5-7-26(10-12(15)9-17(24)28)18(29)11-27-8-6-16(25-27)19(21,22)23/h1-4,6,8,12,15H,5,7,9-11H2,(H2,24,28)/t12-,15-/m0/s1. The van der Waals surface area contributed by atoms with E-state index in [1.165, 1.54) is 29.2 Å². The molecular weight excluding hydrogens is 408 g/mol. The number of piperidine rings is 1. The lowest BCUT2D eigenvalue weighted by molar-refractivity contribution is -0.142. The number of aromatic nitrogens is 2. The Kier molecular flexibility index (Phi) is 6.28. The van der Waals surface area contributed by atoms with Gasteiger partial charge in [0.25, 0.3) is 0 Å². The van der Waals surface area contributed by atoms with Crippen LogP contribution in [0.5, 0.6) is 5.75 Å². The fourth-order valence-corrected chi connectivity index (χ4v) is 3.37. The minimum Gasteiger partial charge on any atom is -0.490 e. The smallest absolute Gasteiger partial charge is 0.435 e. The van der Waals surface area contributed by atoms with Crippen molar-refractivity contribution in [2.24, 2.45) is 11.7 Å². The van der Waals surface area contributed by atoms with Crippen LogP contribution < -0.4 is 10.5 Å². The highest BCUT2D eigenvalue weighted by Crippen LogP contribution is 2.28. The first-order valence-corrected chi connectivity index (χ1v) is 9.21. The van der Waals surface area contributed by atoms with Crippen LogP contribution in [0.3, 0.4) is 0 Å². The summed E-state index contributed by atoms with van der Waals surface area (Å²) in [6, 6.07) is 6.22. The Morgan fingerprint density at radius 2 is 1.90 bits per heavy atom. The highest BCUT2D eigenvalue weighted by atomic mass is 19.4. The van der Waals surface area contributed by atoms with Crippen molar-refractivity contribution in [2.45, 2.75) is 31.7 Å². The molecule has 1 fully saturated rings. The molecule has 1 aliphatic rings. The van der Waals surface area contributed by atoms with Gasteiger partial charge in [-0.2, -0.15) is 18.3 Å². The molecule has 0 saturated carbocycles. The second-order valence-corrected chi connectivity index (χ2v) is 7.07. The number of nitrogens with two attached hydrogens (primary N) is 1. The van der Waals surface area contributed by atoms with Crippen LogP contribution in [-0.2, 0) is 22.3 Å². The van der Waals surface area contributed by atoms with E-state index in [1.54, 1.807) is 0 Å². The number of benzene rings is 1. The molecule has 1 aromatic heterocycles. The quantitative estimate of drug-likeness (QED) is 0.715. The highest BCUT2D eigenvalue weighted by Gasteiger charge is 2.35. The zero-order valence-corrected chi connectivity index (χ0v) is 15.8. The second-order valence-electron chi connectivity index (χ2n) is 7.07. The molecule has 30 heavy (non-hydrogen) atoms. The van der Waals surface area contributed by atoms with Crippen LogP contribution in [0.15, 0.2) is 36.5 Å². The van der Waals surface area contributed by atoms with E-state index < -0.39 is 41.5 Å². The Morgan fingerprint density at radius 3 is 2.50 bits per heavy atom. The summed E-state index contributed by atoms with van der Waals surface area (Å²) < 4.78 is 57.8. The van der Waals surface area contributed by atoms with Crippen LogP contribution in [0.2, 0.25) is 0 Å². The average Bonchev–Trinajstić information content (AvgIpc) is 3.13. The van der Waals surface area contributed by atoms with Crippen molar-refractivity contribution >= 4 is 11.8 Å². The second kappa shape index (κ2) is 8.72. The average molecular weight is 428 g/mol. The van der Waals surface area contributed by atoms with Crippen molar-refractivity contribution in [2.75, 3.05) is 13.1 Å². The summed E-state index contributed by atoms with van der Waals surface area (Å²) in [7, 11) is 0. The van der Waals surface area contributed by atoms with Crippen molar-refractivity contribution in [3.05, 3.63) is 48.0 Å². The molecule has 7 nitrogen and oxygen atoms in total. The molecule has 1 aromatic carbocycles. The summed E-state index contributed by atoms with van der Waals surface area (Å²) >= 11 is 0. The molecule has 0 bridgehead atoms. The van der Waals surface area contributed by atoms with E-state index in [1.807, 2.05) is 0 Å². The van der Waals surface area contributed by atoms with Crippen LogP contribution in [0, 0.1) is 11.7 Å². The molecule has 3 rings (SSSR count). The monoisotopic (exact) mass is 428 g/mol. The molecule has 2 atom stereocenters. The van der Waals surface area contributed by atoms with Gasteiger partial charge in [-0.05, 0) is 30.3 Å². The van der Waals surface area contributed by atoms with Crippen LogP contribution in [0.25, 0.3) is 0 Å². The largest absolute Gasteiger partial charge is 0.490 e. The maximum absolute atomic E-state index is 13.1. The Bertz CT molecular complexity index is 898. The van der Waals surface area contributed by atoms with Crippen molar-refractivity contribution in [3.63, 3.8) is 0 Å². The van der Waals surface area contributed by atoms with E-state index >= 15 is 0 Å². The topological polar surface area (TPSA) is 90.5 Å². The molecule has 0 unspecified atom stereocenters. The molecule has 162 valence electrons. The van der Waals surface area contributed by atoms with E-state index in [0.717, 1.165) is 16.9 Å². The third kappa shape index (κ3) is 5.49. The van der Waals surface area contributed by atoms with Gasteiger partial charge in [0.15, 0.2) is 5.69 Å². The fourth-order valence-electron chi connectivity index (χ4n) is 3.37. The van der Waals surface area contributed by atoms with Gasteiger partial charge in [0.05, 0.1) is 0 Å². The Hall–Kier alpha value is -3.11. The Morgan fingerprint density at radius 1 is 1.20 bits per heavy atom. The number of carbonyl (C=O) groups is 2. The number of amides is 2. The molecule has 2 aromatic rings. The number of alkyl halides is 3. The lowest BCUT2D eigenvalue weighted by Crippen LogP contribution is -2.49. The predicted octanol–water partition coefficient (Wildman–Crippen LogP) is 2.21. The van der Waals surface area contributed by atoms with Crippen LogP contribution in [0.1, 0.15) is 18.5 Å². The highest BCUT2D eigenvalue weighted by molar-refractivity contribution is 5.77. The third-order valence-corrected chi connectivity index (χ3v) is 4.81. The molecule has 2 amide bonds. The number of hydrogen-bond acceptors (Lipinski definition) is 4. The molecule has 0 spiro atoms. The number of hydrogen-bond donors (Lipinski definition) is 1. The molecule has 0 aliphatic carbocycles. The lowest BCUT2D eigenvalue weighted by atomic mass is 9.91. The molecule has 0 radical (unpaired) electrons. The number of primary amides is 1. The zero-order valence-electron chi connectivity index (χ0n) is 15.8. The summed E-state index contributed by atoms with van der Waals surface area (Å²) in [5, 5.41) is 3.38. The van der Waals surface area contributed by atoms with Gasteiger partial charge in [-0.3, -0.25) is 14.3 Å². The van der Waals surface area contributed by atoms with Crippen molar-refractivity contribution in [1.82, 2.24) is 14.7 Å². The summed E-state index contributed by atoms with van der Waals surface area (Å²) in [4.78, 5) is 25.5. The first-order chi connectivity index (χ1) is 14.1. The molecule has 2 heterocycles. The van der Waals surface area contributed by atoms with Gasteiger partial charge in [-0.25, -0.2) is 4.39 Å². The van der Waals surface area contributed by atoms with E-state index in [9.17, 15) is 27.2 Å². The summed E-state index contributed by atoms with van der Waals surface area (Å²) in [5.41, 5.74) is 4.24. The van der Waals surface area contributed by atoms with Gasteiger partial charge in [-0.15, -0.1) is 0 Å². The van der Waals surface area contributed by atoms with Gasteiger partial charge >= 0.3 is 6.18 Å². The maximum Gasteiger partial charge on any atom is 0.435 e. The van der Waals surface area contributed by atoms with Gasteiger partial charge in [0, 0.05) is 38.0 Å². The maximum atomic E-state index is 13.1. The van der Waals surface area contributed by atoms with E-state index in [4.69, 9.17) is 10.5 Å². The van der Waals surface area contributed by atoms with E-state index in [-0.39, 0.29) is 26.1 Å². The van der Waals surface area contributed by atoms with Crippen LogP contribution >= 0.6 is 0 Å². The molecular formula is C19H20F4N4O3. The van der Waals surface area contributed by atoms with Gasteiger partial charge in [0.1, 0.15) is 24.2 Å². The summed E-state index contributed by atoms with van der Waals surface area (Å²) in [6.07, 6.45) is -3.57. The molecule has 1 saturated heterocycles. The van der Waals surface area contributed by atoms with Gasteiger partial charge in [-0.1, -0.05) is 0 Å². The number of likely N-dealkylation sites (tertiary alicyclic amines) is 1. The fraction of sp³-hybridized carbons (Fsp3) is 0.421. The number of nitrogens with zero attached hydrogens (tertiary/aromatic N) is 3. The number of ether oxygens (including phenoxy) is 1. The zero-order chi connectivity index (χ0) is 21.9. The lowest BCUT2D eigenvalue weighted by Gasteiger charge is -2.38. The third-order valence-electron chi connectivity index (χ3n) is 4.81. The predicted molar refractivity (Wildman–Crippen MR) is 96.5 cm³/mol. The Balaban J connectivity index is 1.64. The normalized spacial score (nSPS) is 19.5. The van der Waals surface area contributed by atoms with E-state index in [0.29, 0.717) is 12.2 Å². The molecule has 11 heteroatoms. The van der Waals surface area contributed by atoms with Crippen molar-refractivity contribution in [3.8, 4) is 5.75 Å². The van der Waals surface area contributed by atoms with Crippen molar-refractivity contribution in [1.29, 1.82) is 0 Å². The summed E-state index contributed by atoms with van der Waals surface area (Å²) in [6.45, 7) is 0.0806. The van der Waals surface area contributed by atoms with Gasteiger partial charge in [0.2, 0.25) is 11.8 Å². The Labute approximate surface area is 169 Å². The van der Waals surface area contributed by atoms with Crippen molar-refractivity contribution < 1.29 is 31.9 Å². The first-order valence-electron chi connectivity index (χ1n) is 9.21. The number of rotatable bonds is 6. The van der Waals surface area contributed by atoms with E-state index in [2.05, 4.69) is 5.10 Å². The number of carbonyl (C=O) groups excluding carboxylic acids is 2. The SMILES string of the molecule is NC(=O)C[C@H]1CN(C(=O)Cn2ccc(C(F)(F)F)n2)CC[C@@H]1Oc1ccc(F)cc1. The molecule has 2 N–H and O–H groups in total. The van der Waals surface area contributed by atoms with Crippen LogP contribution in [-0.4, -0.2) is 45.7 Å².